The zero-order valence-electron chi connectivity index (χ0n) is 17.0. The van der Waals surface area contributed by atoms with Crippen LogP contribution in [-0.4, -0.2) is 24.0 Å². The summed E-state index contributed by atoms with van der Waals surface area (Å²) in [6.07, 6.45) is 6.56. The Balaban J connectivity index is 1.80. The van der Waals surface area contributed by atoms with E-state index < -0.39 is 0 Å². The summed E-state index contributed by atoms with van der Waals surface area (Å²) in [5.41, 5.74) is 3.21. The number of halogens is 1. The zero-order chi connectivity index (χ0) is 19.9. The molecule has 28 heavy (non-hydrogen) atoms. The molecule has 0 aliphatic heterocycles. The molecule has 1 fully saturated rings. The molecule has 0 radical (unpaired) electrons. The third-order valence-corrected chi connectivity index (χ3v) is 5.80. The number of urea groups is 1. The van der Waals surface area contributed by atoms with Gasteiger partial charge in [0.15, 0.2) is 0 Å². The maximum absolute atomic E-state index is 13.4. The molecule has 4 heteroatoms. The summed E-state index contributed by atoms with van der Waals surface area (Å²) >= 11 is 0. The predicted octanol–water partition coefficient (Wildman–Crippen LogP) is 6.34. The minimum Gasteiger partial charge on any atom is -0.325 e. The molecule has 0 bridgehead atoms. The number of hydrogen-bond donors (Lipinski definition) is 0. The molecule has 0 heterocycles. The number of nitrogens with zero attached hydrogens (tertiary/aromatic N) is 2. The second kappa shape index (κ2) is 9.72. The van der Waals surface area contributed by atoms with E-state index in [0.717, 1.165) is 11.3 Å². The topological polar surface area (TPSA) is 23.6 Å². The van der Waals surface area contributed by atoms with E-state index in [1.54, 1.807) is 21.9 Å². The molecule has 0 atom stereocenters. The van der Waals surface area contributed by atoms with E-state index in [9.17, 15) is 9.18 Å². The molecule has 1 saturated carbocycles. The minimum atomic E-state index is -0.296. The van der Waals surface area contributed by atoms with Crippen LogP contribution in [0.15, 0.2) is 48.5 Å². The monoisotopic (exact) mass is 382 g/mol. The number of rotatable bonds is 6. The number of amides is 2. The fraction of sp³-hybridized carbons (Fsp3) is 0.458. The van der Waals surface area contributed by atoms with Crippen LogP contribution in [0, 0.1) is 5.82 Å². The first-order chi connectivity index (χ1) is 13.6. The van der Waals surface area contributed by atoms with Crippen molar-refractivity contribution in [3.05, 3.63) is 65.5 Å². The fourth-order valence-corrected chi connectivity index (χ4v) is 4.07. The Kier molecular flexibility index (Phi) is 7.07. The van der Waals surface area contributed by atoms with Gasteiger partial charge in [0.25, 0.3) is 0 Å². The molecule has 2 aromatic rings. The van der Waals surface area contributed by atoms with Crippen molar-refractivity contribution in [2.24, 2.45) is 0 Å². The maximum Gasteiger partial charge on any atom is 0.324 e. The van der Waals surface area contributed by atoms with Gasteiger partial charge < -0.3 is 4.90 Å². The Hall–Kier alpha value is -2.36. The van der Waals surface area contributed by atoms with Crippen molar-refractivity contribution in [1.82, 2.24) is 4.90 Å². The highest BCUT2D eigenvalue weighted by molar-refractivity contribution is 5.91. The highest BCUT2D eigenvalue weighted by Crippen LogP contribution is 2.32. The van der Waals surface area contributed by atoms with Crippen molar-refractivity contribution < 1.29 is 9.18 Å². The number of carbonyl (C=O) groups excluding carboxylic acids is 1. The van der Waals surface area contributed by atoms with Crippen LogP contribution in [0.3, 0.4) is 0 Å². The van der Waals surface area contributed by atoms with E-state index in [1.807, 2.05) is 13.8 Å². The molecule has 1 aliphatic carbocycles. The van der Waals surface area contributed by atoms with E-state index >= 15 is 0 Å². The van der Waals surface area contributed by atoms with Gasteiger partial charge in [-0.2, -0.15) is 0 Å². The fourth-order valence-electron chi connectivity index (χ4n) is 4.07. The average Bonchev–Trinajstić information content (AvgIpc) is 2.74. The third kappa shape index (κ3) is 4.92. The molecule has 0 N–H and O–H groups in total. The molecule has 3 nitrogen and oxygen atoms in total. The molecule has 1 aliphatic rings. The number of hydrogen-bond acceptors (Lipinski definition) is 1. The van der Waals surface area contributed by atoms with Crippen molar-refractivity contribution in [1.29, 1.82) is 0 Å². The van der Waals surface area contributed by atoms with Crippen LogP contribution >= 0.6 is 0 Å². The van der Waals surface area contributed by atoms with Crippen LogP contribution in [0.25, 0.3) is 0 Å². The van der Waals surface area contributed by atoms with Gasteiger partial charge in [-0.1, -0.05) is 43.5 Å². The quantitative estimate of drug-likeness (QED) is 0.572. The van der Waals surface area contributed by atoms with Crippen molar-refractivity contribution in [2.45, 2.75) is 58.4 Å². The Morgan fingerprint density at radius 1 is 0.929 bits per heavy atom. The molecule has 0 spiro atoms. The zero-order valence-corrected chi connectivity index (χ0v) is 17.0. The summed E-state index contributed by atoms with van der Waals surface area (Å²) in [6.45, 7) is 5.72. The van der Waals surface area contributed by atoms with Crippen molar-refractivity contribution in [3.8, 4) is 0 Å². The first kappa shape index (κ1) is 20.4. The predicted molar refractivity (Wildman–Crippen MR) is 113 cm³/mol. The van der Waals surface area contributed by atoms with Gasteiger partial charge >= 0.3 is 6.03 Å². The van der Waals surface area contributed by atoms with Gasteiger partial charge in [0, 0.05) is 18.8 Å². The van der Waals surface area contributed by atoms with Crippen LogP contribution < -0.4 is 4.90 Å². The summed E-state index contributed by atoms with van der Waals surface area (Å²) in [4.78, 5) is 16.6. The lowest BCUT2D eigenvalue weighted by Gasteiger charge is -2.30. The Morgan fingerprint density at radius 2 is 1.54 bits per heavy atom. The standard InChI is InChI=1S/C24H31FN2O/c1-3-26(4-2)24(28)27(23-16-14-22(25)15-17-23)18-19-10-12-21(13-11-19)20-8-6-5-7-9-20/h10-17,20H,3-9,18H2,1-2H3. The van der Waals surface area contributed by atoms with Gasteiger partial charge in [-0.3, -0.25) is 4.90 Å². The lowest BCUT2D eigenvalue weighted by Crippen LogP contribution is -2.42. The summed E-state index contributed by atoms with van der Waals surface area (Å²) in [7, 11) is 0. The third-order valence-electron chi connectivity index (χ3n) is 5.80. The van der Waals surface area contributed by atoms with E-state index in [1.165, 1.54) is 49.8 Å². The second-order valence-electron chi connectivity index (χ2n) is 7.59. The van der Waals surface area contributed by atoms with Gasteiger partial charge in [0.1, 0.15) is 5.82 Å². The van der Waals surface area contributed by atoms with E-state index in [4.69, 9.17) is 0 Å². The molecule has 0 unspecified atom stereocenters. The van der Waals surface area contributed by atoms with Gasteiger partial charge in [-0.25, -0.2) is 9.18 Å². The number of anilines is 1. The first-order valence-electron chi connectivity index (χ1n) is 10.5. The molecule has 0 aromatic heterocycles. The van der Waals surface area contributed by atoms with Gasteiger partial charge in [-0.15, -0.1) is 0 Å². The van der Waals surface area contributed by atoms with Crippen molar-refractivity contribution in [2.75, 3.05) is 18.0 Å². The highest BCUT2D eigenvalue weighted by Gasteiger charge is 2.21. The average molecular weight is 383 g/mol. The summed E-state index contributed by atoms with van der Waals surface area (Å²) in [5.74, 6) is 0.379. The lowest BCUT2D eigenvalue weighted by molar-refractivity contribution is 0.209. The summed E-state index contributed by atoms with van der Waals surface area (Å²) in [5, 5.41) is 0. The van der Waals surface area contributed by atoms with E-state index in [2.05, 4.69) is 24.3 Å². The highest BCUT2D eigenvalue weighted by atomic mass is 19.1. The van der Waals surface area contributed by atoms with E-state index in [0.29, 0.717) is 25.6 Å². The largest absolute Gasteiger partial charge is 0.325 e. The lowest BCUT2D eigenvalue weighted by atomic mass is 9.84. The Bertz CT molecular complexity index is 747. The number of carbonyl (C=O) groups is 1. The van der Waals surface area contributed by atoms with Crippen molar-refractivity contribution in [3.63, 3.8) is 0 Å². The van der Waals surface area contributed by atoms with Crippen LogP contribution in [0.2, 0.25) is 0 Å². The molecule has 3 rings (SSSR count). The van der Waals surface area contributed by atoms with Gasteiger partial charge in [0.05, 0.1) is 6.54 Å². The summed E-state index contributed by atoms with van der Waals surface area (Å²) < 4.78 is 13.4. The smallest absolute Gasteiger partial charge is 0.324 e. The van der Waals surface area contributed by atoms with Gasteiger partial charge in [0.2, 0.25) is 0 Å². The minimum absolute atomic E-state index is 0.0482. The van der Waals surface area contributed by atoms with Crippen LogP contribution in [0.1, 0.15) is 63.0 Å². The van der Waals surface area contributed by atoms with E-state index in [-0.39, 0.29) is 11.8 Å². The Morgan fingerprint density at radius 3 is 2.11 bits per heavy atom. The van der Waals surface area contributed by atoms with Crippen LogP contribution in [0.5, 0.6) is 0 Å². The Labute approximate surface area is 168 Å². The molecule has 2 aromatic carbocycles. The molecule has 2 amide bonds. The summed E-state index contributed by atoms with van der Waals surface area (Å²) in [6, 6.07) is 14.8. The van der Waals surface area contributed by atoms with Gasteiger partial charge in [-0.05, 0) is 68.0 Å². The number of benzene rings is 2. The van der Waals surface area contributed by atoms with Crippen LogP contribution in [-0.2, 0) is 6.54 Å². The molecule has 150 valence electrons. The molecular formula is C24H31FN2O. The normalized spacial score (nSPS) is 14.7. The SMILES string of the molecule is CCN(CC)C(=O)N(Cc1ccc(C2CCCCC2)cc1)c1ccc(F)cc1. The molecular weight excluding hydrogens is 351 g/mol. The van der Waals surface area contributed by atoms with Crippen molar-refractivity contribution >= 4 is 11.7 Å². The first-order valence-corrected chi connectivity index (χ1v) is 10.5. The molecule has 0 saturated heterocycles. The maximum atomic E-state index is 13.4. The second-order valence-corrected chi connectivity index (χ2v) is 7.59. The van der Waals surface area contributed by atoms with Crippen LogP contribution in [0.4, 0.5) is 14.9 Å².